The molecule has 5 aromatic rings. The number of anilines is 1. The average molecular weight is 672 g/mol. The van der Waals surface area contributed by atoms with Crippen molar-refractivity contribution in [3.63, 3.8) is 0 Å². The molecule has 2 N–H and O–H groups in total. The summed E-state index contributed by atoms with van der Waals surface area (Å²) < 4.78 is 5.62. The van der Waals surface area contributed by atoms with Gasteiger partial charge in [0.1, 0.15) is 11.4 Å². The number of hydrogen-bond donors (Lipinski definition) is 2. The summed E-state index contributed by atoms with van der Waals surface area (Å²) in [5, 5.41) is 26.0. The number of carbonyl (C=O) groups excluding carboxylic acids is 2. The number of unbranched alkanes of at least 4 members (excludes halogenated alkanes) is 12. The number of nitrogens with zero attached hydrogens (tertiary/aromatic N) is 2. The van der Waals surface area contributed by atoms with E-state index in [1.54, 1.807) is 36.4 Å². The minimum atomic E-state index is -0.474. The first-order valence-electron chi connectivity index (χ1n) is 18.3. The van der Waals surface area contributed by atoms with Crippen LogP contribution >= 0.6 is 0 Å². The number of amides is 1. The van der Waals surface area contributed by atoms with Gasteiger partial charge in [0.15, 0.2) is 0 Å². The Hall–Kier alpha value is -5.04. The van der Waals surface area contributed by atoms with Gasteiger partial charge in [0.2, 0.25) is 0 Å². The van der Waals surface area contributed by atoms with Crippen LogP contribution in [0.1, 0.15) is 111 Å². The number of hydrogen-bond acceptors (Lipinski definition) is 6. The minimum Gasteiger partial charge on any atom is -0.506 e. The van der Waals surface area contributed by atoms with Crippen molar-refractivity contribution in [2.45, 2.75) is 90.4 Å². The molecule has 7 nitrogen and oxygen atoms in total. The molecule has 5 aromatic carbocycles. The number of ether oxygens (including phenoxy) is 1. The maximum atomic E-state index is 13.6. The highest BCUT2D eigenvalue weighted by Gasteiger charge is 2.19. The number of benzene rings is 5. The molecule has 0 aliphatic heterocycles. The Kier molecular flexibility index (Phi) is 13.9. The van der Waals surface area contributed by atoms with Crippen molar-refractivity contribution in [3.05, 3.63) is 108 Å². The van der Waals surface area contributed by atoms with Crippen molar-refractivity contribution in [2.24, 2.45) is 10.2 Å². The largest absolute Gasteiger partial charge is 0.506 e. The smallest absolute Gasteiger partial charge is 0.340 e. The van der Waals surface area contributed by atoms with Crippen LogP contribution in [-0.2, 0) is 4.74 Å². The van der Waals surface area contributed by atoms with Gasteiger partial charge in [0, 0.05) is 21.8 Å². The predicted molar refractivity (Wildman–Crippen MR) is 204 cm³/mol. The van der Waals surface area contributed by atoms with Crippen LogP contribution in [0.25, 0.3) is 21.5 Å². The van der Waals surface area contributed by atoms with Gasteiger partial charge in [0.05, 0.1) is 23.4 Å². The quantitative estimate of drug-likeness (QED) is 0.0518. The van der Waals surface area contributed by atoms with E-state index in [2.05, 4.69) is 22.5 Å². The van der Waals surface area contributed by atoms with Crippen LogP contribution in [0, 0.1) is 0 Å². The van der Waals surface area contributed by atoms with Gasteiger partial charge in [-0.25, -0.2) is 4.79 Å². The highest BCUT2D eigenvalue weighted by Crippen LogP contribution is 2.38. The molecule has 0 heterocycles. The van der Waals surface area contributed by atoms with Gasteiger partial charge in [-0.1, -0.05) is 157 Å². The zero-order valence-corrected chi connectivity index (χ0v) is 29.2. The molecular weight excluding hydrogens is 622 g/mol. The summed E-state index contributed by atoms with van der Waals surface area (Å²) in [5.41, 5.74) is 1.77. The van der Waals surface area contributed by atoms with Crippen LogP contribution in [0.15, 0.2) is 107 Å². The Labute approximate surface area is 295 Å². The second-order valence-electron chi connectivity index (χ2n) is 12.9. The van der Waals surface area contributed by atoms with Crippen LogP contribution in [0.2, 0.25) is 0 Å². The second kappa shape index (κ2) is 19.2. The highest BCUT2D eigenvalue weighted by molar-refractivity contribution is 6.14. The van der Waals surface area contributed by atoms with Gasteiger partial charge in [-0.05, 0) is 36.1 Å². The van der Waals surface area contributed by atoms with Crippen molar-refractivity contribution in [1.82, 2.24) is 0 Å². The van der Waals surface area contributed by atoms with Crippen molar-refractivity contribution in [3.8, 4) is 5.75 Å². The monoisotopic (exact) mass is 671 g/mol. The number of carbonyl (C=O) groups is 2. The number of aromatic hydroxyl groups is 1. The number of nitrogens with one attached hydrogen (secondary N) is 1. The first kappa shape index (κ1) is 36.2. The summed E-state index contributed by atoms with van der Waals surface area (Å²) in [6.45, 7) is 2.62. The van der Waals surface area contributed by atoms with E-state index in [1.165, 1.54) is 70.3 Å². The van der Waals surface area contributed by atoms with Crippen molar-refractivity contribution >= 4 is 50.5 Å². The number of esters is 1. The molecule has 0 bridgehead atoms. The Morgan fingerprint density at radius 3 is 1.88 bits per heavy atom. The molecule has 260 valence electrons. The molecule has 7 heteroatoms. The molecule has 0 saturated carbocycles. The van der Waals surface area contributed by atoms with E-state index >= 15 is 0 Å². The third-order valence-electron chi connectivity index (χ3n) is 9.15. The summed E-state index contributed by atoms with van der Waals surface area (Å²) in [6.07, 6.45) is 16.3. The van der Waals surface area contributed by atoms with E-state index < -0.39 is 11.9 Å². The Bertz CT molecular complexity index is 1900. The summed E-state index contributed by atoms with van der Waals surface area (Å²) in [4.78, 5) is 26.6. The molecule has 0 aliphatic rings. The van der Waals surface area contributed by atoms with Crippen LogP contribution in [0.4, 0.5) is 17.1 Å². The van der Waals surface area contributed by atoms with Crippen LogP contribution in [0.3, 0.4) is 0 Å². The lowest BCUT2D eigenvalue weighted by atomic mass is 10.0. The molecule has 0 radical (unpaired) electrons. The Balaban J connectivity index is 1.18. The Morgan fingerprint density at radius 1 is 0.600 bits per heavy atom. The molecule has 0 saturated heterocycles. The molecule has 0 atom stereocenters. The second-order valence-corrected chi connectivity index (χ2v) is 12.9. The van der Waals surface area contributed by atoms with E-state index in [-0.39, 0.29) is 11.3 Å². The molecule has 50 heavy (non-hydrogen) atoms. The SMILES string of the molecule is CCCCCCCCCCCCCCCOC(=O)c1ccccc1N=Nc1cc(C(=O)Nc2cccc3ccccc23)c(O)c2ccccc12. The molecule has 0 unspecified atom stereocenters. The van der Waals surface area contributed by atoms with Crippen LogP contribution in [0.5, 0.6) is 5.75 Å². The fraction of sp³-hybridized carbons (Fsp3) is 0.349. The van der Waals surface area contributed by atoms with Crippen molar-refractivity contribution in [1.29, 1.82) is 0 Å². The summed E-state index contributed by atoms with van der Waals surface area (Å²) in [5.74, 6) is -1.06. The summed E-state index contributed by atoms with van der Waals surface area (Å²) in [7, 11) is 0. The van der Waals surface area contributed by atoms with Crippen molar-refractivity contribution < 1.29 is 19.4 Å². The number of rotatable bonds is 19. The van der Waals surface area contributed by atoms with E-state index in [4.69, 9.17) is 4.74 Å². The van der Waals surface area contributed by atoms with Crippen LogP contribution in [-0.4, -0.2) is 23.6 Å². The van der Waals surface area contributed by atoms with E-state index in [0.29, 0.717) is 40.0 Å². The molecule has 0 fully saturated rings. The molecule has 1 amide bonds. The van der Waals surface area contributed by atoms with Crippen molar-refractivity contribution in [2.75, 3.05) is 11.9 Å². The fourth-order valence-corrected chi connectivity index (χ4v) is 6.32. The van der Waals surface area contributed by atoms with Gasteiger partial charge >= 0.3 is 5.97 Å². The molecule has 0 aromatic heterocycles. The maximum Gasteiger partial charge on any atom is 0.340 e. The first-order valence-corrected chi connectivity index (χ1v) is 18.3. The lowest BCUT2D eigenvalue weighted by molar-refractivity contribution is 0.0498. The van der Waals surface area contributed by atoms with E-state index in [1.807, 2.05) is 54.6 Å². The summed E-state index contributed by atoms with van der Waals surface area (Å²) >= 11 is 0. The molecular formula is C43H49N3O4. The summed E-state index contributed by atoms with van der Waals surface area (Å²) in [6, 6.07) is 29.1. The Morgan fingerprint density at radius 2 is 1.16 bits per heavy atom. The number of phenolic OH excluding ortho intramolecular Hbond substituents is 1. The van der Waals surface area contributed by atoms with E-state index in [0.717, 1.165) is 30.0 Å². The number of phenols is 1. The normalized spacial score (nSPS) is 11.4. The molecule has 0 aliphatic carbocycles. The van der Waals surface area contributed by atoms with Crippen LogP contribution < -0.4 is 5.32 Å². The minimum absolute atomic E-state index is 0.0658. The lowest BCUT2D eigenvalue weighted by Gasteiger charge is -2.12. The van der Waals surface area contributed by atoms with Gasteiger partial charge in [0.25, 0.3) is 5.91 Å². The highest BCUT2D eigenvalue weighted by atomic mass is 16.5. The topological polar surface area (TPSA) is 100 Å². The fourth-order valence-electron chi connectivity index (χ4n) is 6.32. The third kappa shape index (κ3) is 10.0. The molecule has 5 rings (SSSR count). The average Bonchev–Trinajstić information content (AvgIpc) is 3.15. The first-order chi connectivity index (χ1) is 24.6. The third-order valence-corrected chi connectivity index (χ3v) is 9.15. The van der Waals surface area contributed by atoms with Gasteiger partial charge in [-0.3, -0.25) is 4.79 Å². The standard InChI is InChI=1S/C43H49N3O4/c1-2-3-4-5-6-7-8-9-10-11-12-13-20-30-50-43(49)36-27-18-19-28-39(36)45-46-40-31-37(41(47)35-26-17-16-25-34(35)40)42(48)44-38-29-21-23-32-22-14-15-24-33(32)38/h14-19,21-29,31,47H,2-13,20,30H2,1H3,(H,44,48). The zero-order chi connectivity index (χ0) is 35.0. The predicted octanol–water partition coefficient (Wildman–Crippen LogP) is 12.6. The number of fused-ring (bicyclic) bond motifs is 2. The number of azo groups is 1. The lowest BCUT2D eigenvalue weighted by Crippen LogP contribution is -2.12. The van der Waals surface area contributed by atoms with Gasteiger partial charge in [-0.15, -0.1) is 10.2 Å². The van der Waals surface area contributed by atoms with Gasteiger partial charge in [-0.2, -0.15) is 0 Å². The zero-order valence-electron chi connectivity index (χ0n) is 29.2. The van der Waals surface area contributed by atoms with Gasteiger partial charge < -0.3 is 15.2 Å². The maximum absolute atomic E-state index is 13.6. The molecule has 0 spiro atoms. The van der Waals surface area contributed by atoms with E-state index in [9.17, 15) is 14.7 Å².